The van der Waals surface area contributed by atoms with Crippen molar-refractivity contribution in [3.8, 4) is 6.07 Å². The van der Waals surface area contributed by atoms with Crippen molar-refractivity contribution in [3.63, 3.8) is 0 Å². The molecular formula is C14H24N2. The minimum Gasteiger partial charge on any atom is -0.303 e. The van der Waals surface area contributed by atoms with Gasteiger partial charge in [-0.2, -0.15) is 5.26 Å². The molecule has 0 aromatic carbocycles. The molecule has 0 aromatic heterocycles. The van der Waals surface area contributed by atoms with Gasteiger partial charge < -0.3 is 4.90 Å². The molecule has 0 bridgehead atoms. The first-order valence-corrected chi connectivity index (χ1v) is 6.89. The van der Waals surface area contributed by atoms with Gasteiger partial charge in [0.05, 0.1) is 6.07 Å². The van der Waals surface area contributed by atoms with Gasteiger partial charge in [0.2, 0.25) is 0 Å². The Kier molecular flexibility index (Phi) is 4.23. The SMILES string of the molecule is CN(CC1CCCC1)C1CCC(C#N)CC1. The maximum Gasteiger partial charge on any atom is 0.0655 e. The number of nitriles is 1. The summed E-state index contributed by atoms with van der Waals surface area (Å²) < 4.78 is 0. The molecule has 2 aliphatic carbocycles. The summed E-state index contributed by atoms with van der Waals surface area (Å²) >= 11 is 0. The van der Waals surface area contributed by atoms with Gasteiger partial charge in [-0.05, 0) is 51.5 Å². The molecule has 0 radical (unpaired) electrons. The van der Waals surface area contributed by atoms with Crippen LogP contribution in [0.25, 0.3) is 0 Å². The van der Waals surface area contributed by atoms with E-state index in [1.807, 2.05) is 0 Å². The van der Waals surface area contributed by atoms with Crippen LogP contribution < -0.4 is 0 Å². The van der Waals surface area contributed by atoms with E-state index in [-0.39, 0.29) is 0 Å². The lowest BCUT2D eigenvalue weighted by atomic mass is 9.86. The van der Waals surface area contributed by atoms with E-state index in [1.54, 1.807) is 0 Å². The van der Waals surface area contributed by atoms with E-state index in [0.29, 0.717) is 5.92 Å². The Morgan fingerprint density at radius 2 is 1.69 bits per heavy atom. The third kappa shape index (κ3) is 2.98. The van der Waals surface area contributed by atoms with E-state index in [9.17, 15) is 0 Å². The average Bonchev–Trinajstić information content (AvgIpc) is 2.82. The van der Waals surface area contributed by atoms with E-state index in [4.69, 9.17) is 5.26 Å². The molecule has 0 N–H and O–H groups in total. The Morgan fingerprint density at radius 3 is 2.25 bits per heavy atom. The van der Waals surface area contributed by atoms with Crippen molar-refractivity contribution in [1.82, 2.24) is 4.90 Å². The molecule has 2 fully saturated rings. The molecule has 0 saturated heterocycles. The van der Waals surface area contributed by atoms with Gasteiger partial charge in [-0.15, -0.1) is 0 Å². The van der Waals surface area contributed by atoms with E-state index < -0.39 is 0 Å². The van der Waals surface area contributed by atoms with Crippen molar-refractivity contribution in [1.29, 1.82) is 5.26 Å². The van der Waals surface area contributed by atoms with Gasteiger partial charge in [0.15, 0.2) is 0 Å². The summed E-state index contributed by atoms with van der Waals surface area (Å²) in [4.78, 5) is 2.57. The molecule has 90 valence electrons. The molecule has 0 atom stereocenters. The fraction of sp³-hybridized carbons (Fsp3) is 0.929. The largest absolute Gasteiger partial charge is 0.303 e. The maximum atomic E-state index is 8.88. The van der Waals surface area contributed by atoms with Crippen LogP contribution in [0.4, 0.5) is 0 Å². The van der Waals surface area contributed by atoms with Gasteiger partial charge in [-0.25, -0.2) is 0 Å². The summed E-state index contributed by atoms with van der Waals surface area (Å²) in [5, 5.41) is 8.88. The summed E-state index contributed by atoms with van der Waals surface area (Å²) in [6, 6.07) is 3.17. The molecule has 2 rings (SSSR count). The zero-order chi connectivity index (χ0) is 11.4. The minimum atomic E-state index is 0.344. The van der Waals surface area contributed by atoms with Crippen molar-refractivity contribution >= 4 is 0 Å². The third-order valence-electron chi connectivity index (χ3n) is 4.52. The topological polar surface area (TPSA) is 27.0 Å². The van der Waals surface area contributed by atoms with Gasteiger partial charge >= 0.3 is 0 Å². The quantitative estimate of drug-likeness (QED) is 0.730. The van der Waals surface area contributed by atoms with Gasteiger partial charge in [0, 0.05) is 18.5 Å². The number of hydrogen-bond acceptors (Lipinski definition) is 2. The van der Waals surface area contributed by atoms with Crippen LogP contribution in [0, 0.1) is 23.2 Å². The van der Waals surface area contributed by atoms with Crippen LogP contribution in [0.5, 0.6) is 0 Å². The van der Waals surface area contributed by atoms with E-state index in [2.05, 4.69) is 18.0 Å². The Bertz CT molecular complexity index is 242. The number of nitrogens with zero attached hydrogens (tertiary/aromatic N) is 2. The fourth-order valence-electron chi connectivity index (χ4n) is 3.39. The lowest BCUT2D eigenvalue weighted by Gasteiger charge is -2.34. The lowest BCUT2D eigenvalue weighted by Crippen LogP contribution is -2.37. The Hall–Kier alpha value is -0.550. The molecule has 2 heteroatoms. The second-order valence-electron chi connectivity index (χ2n) is 5.72. The molecule has 0 heterocycles. The van der Waals surface area contributed by atoms with Gasteiger partial charge in [0.25, 0.3) is 0 Å². The summed E-state index contributed by atoms with van der Waals surface area (Å²) in [6.07, 6.45) is 10.5. The highest BCUT2D eigenvalue weighted by atomic mass is 15.1. The standard InChI is InChI=1S/C14H24N2/c1-16(11-13-4-2-3-5-13)14-8-6-12(10-15)7-9-14/h12-14H,2-9,11H2,1H3. The first-order chi connectivity index (χ1) is 7.79. The van der Waals surface area contributed by atoms with E-state index in [0.717, 1.165) is 24.8 Å². The van der Waals surface area contributed by atoms with Crippen LogP contribution in [0.15, 0.2) is 0 Å². The predicted molar refractivity (Wildman–Crippen MR) is 65.9 cm³/mol. The van der Waals surface area contributed by atoms with Crippen molar-refractivity contribution in [2.45, 2.75) is 57.4 Å². The zero-order valence-electron chi connectivity index (χ0n) is 10.5. The normalized spacial score (nSPS) is 31.8. The van der Waals surface area contributed by atoms with Crippen molar-refractivity contribution in [3.05, 3.63) is 0 Å². The summed E-state index contributed by atoms with van der Waals surface area (Å²) in [6.45, 7) is 1.29. The molecule has 0 aliphatic heterocycles. The van der Waals surface area contributed by atoms with E-state index in [1.165, 1.54) is 45.1 Å². The van der Waals surface area contributed by atoms with Crippen LogP contribution in [0.2, 0.25) is 0 Å². The maximum absolute atomic E-state index is 8.88. The molecule has 0 unspecified atom stereocenters. The highest BCUT2D eigenvalue weighted by Gasteiger charge is 2.26. The van der Waals surface area contributed by atoms with Crippen molar-refractivity contribution in [2.24, 2.45) is 11.8 Å². The molecule has 16 heavy (non-hydrogen) atoms. The second kappa shape index (κ2) is 5.68. The molecule has 0 spiro atoms. The van der Waals surface area contributed by atoms with Crippen molar-refractivity contribution in [2.75, 3.05) is 13.6 Å². The van der Waals surface area contributed by atoms with Crippen LogP contribution in [0.1, 0.15) is 51.4 Å². The van der Waals surface area contributed by atoms with Gasteiger partial charge in [0.1, 0.15) is 0 Å². The van der Waals surface area contributed by atoms with Gasteiger partial charge in [-0.1, -0.05) is 12.8 Å². The highest BCUT2D eigenvalue weighted by Crippen LogP contribution is 2.30. The molecule has 2 saturated carbocycles. The fourth-order valence-corrected chi connectivity index (χ4v) is 3.39. The average molecular weight is 220 g/mol. The molecule has 0 amide bonds. The predicted octanol–water partition coefficient (Wildman–Crippen LogP) is 3.19. The zero-order valence-corrected chi connectivity index (χ0v) is 10.5. The van der Waals surface area contributed by atoms with E-state index >= 15 is 0 Å². The first-order valence-electron chi connectivity index (χ1n) is 6.89. The summed E-state index contributed by atoms with van der Waals surface area (Å²) in [7, 11) is 2.29. The van der Waals surface area contributed by atoms with Crippen LogP contribution in [-0.2, 0) is 0 Å². The third-order valence-corrected chi connectivity index (χ3v) is 4.52. The summed E-state index contributed by atoms with van der Waals surface area (Å²) in [5.74, 6) is 1.30. The highest BCUT2D eigenvalue weighted by molar-refractivity contribution is 4.89. The van der Waals surface area contributed by atoms with Crippen LogP contribution in [-0.4, -0.2) is 24.5 Å². The van der Waals surface area contributed by atoms with Crippen LogP contribution in [0.3, 0.4) is 0 Å². The Balaban J connectivity index is 1.73. The van der Waals surface area contributed by atoms with Gasteiger partial charge in [-0.3, -0.25) is 0 Å². The molecule has 2 nitrogen and oxygen atoms in total. The number of rotatable bonds is 3. The Labute approximate surface area is 99.6 Å². The Morgan fingerprint density at radius 1 is 1.06 bits per heavy atom. The lowest BCUT2D eigenvalue weighted by molar-refractivity contribution is 0.156. The monoisotopic (exact) mass is 220 g/mol. The second-order valence-corrected chi connectivity index (χ2v) is 5.72. The summed E-state index contributed by atoms with van der Waals surface area (Å²) in [5.41, 5.74) is 0. The first kappa shape index (κ1) is 11.9. The minimum absolute atomic E-state index is 0.344. The number of hydrogen-bond donors (Lipinski definition) is 0. The van der Waals surface area contributed by atoms with Crippen LogP contribution >= 0.6 is 0 Å². The van der Waals surface area contributed by atoms with Crippen molar-refractivity contribution < 1.29 is 0 Å². The molecular weight excluding hydrogens is 196 g/mol. The molecule has 0 aromatic rings. The smallest absolute Gasteiger partial charge is 0.0655 e. The molecule has 2 aliphatic rings.